The Kier molecular flexibility index (Phi) is 5.69. The zero-order valence-electron chi connectivity index (χ0n) is 16.1. The van der Waals surface area contributed by atoms with Crippen LogP contribution in [0.15, 0.2) is 55.1 Å². The monoisotopic (exact) mass is 432 g/mol. The molecule has 0 atom stereocenters. The molecule has 29 heavy (non-hydrogen) atoms. The first kappa shape index (κ1) is 20.4. The minimum absolute atomic E-state index is 0.112. The number of anilines is 1. The molecule has 0 saturated carbocycles. The van der Waals surface area contributed by atoms with Gasteiger partial charge in [-0.1, -0.05) is 18.2 Å². The Balaban J connectivity index is 1.67. The molecular weight excluding hydrogens is 410 g/mol. The number of alkyl halides is 2. The minimum Gasteiger partial charge on any atom is -0.307 e. The number of piperidine rings is 1. The van der Waals surface area contributed by atoms with Crippen LogP contribution in [-0.2, 0) is 5.41 Å². The quantitative estimate of drug-likeness (QED) is 0.471. The van der Waals surface area contributed by atoms with Crippen LogP contribution in [0.1, 0.15) is 39.2 Å². The van der Waals surface area contributed by atoms with E-state index in [1.807, 2.05) is 6.08 Å². The number of fused-ring (bicyclic) bond motifs is 2. The fourth-order valence-corrected chi connectivity index (χ4v) is 4.83. The van der Waals surface area contributed by atoms with Crippen molar-refractivity contribution in [3.8, 4) is 0 Å². The Bertz CT molecular complexity index is 938. The number of carbonyl (C=O) groups excluding carboxylic acids is 1. The van der Waals surface area contributed by atoms with Crippen molar-refractivity contribution in [2.75, 3.05) is 31.1 Å². The van der Waals surface area contributed by atoms with Gasteiger partial charge in [0.15, 0.2) is 0 Å². The Hall–Kier alpha value is -1.88. The van der Waals surface area contributed by atoms with E-state index in [4.69, 9.17) is 23.2 Å². The number of amides is 1. The molecule has 3 nitrogen and oxygen atoms in total. The molecule has 2 aliphatic heterocycles. The van der Waals surface area contributed by atoms with E-state index < -0.39 is 4.84 Å². The first-order valence-corrected chi connectivity index (χ1v) is 10.6. The number of rotatable bonds is 4. The predicted octanol–water partition coefficient (Wildman–Crippen LogP) is 5.48. The summed E-state index contributed by atoms with van der Waals surface area (Å²) in [4.78, 5) is 16.8. The molecule has 1 saturated heterocycles. The topological polar surface area (TPSA) is 23.6 Å². The van der Waals surface area contributed by atoms with Crippen LogP contribution in [0.25, 0.3) is 0 Å². The normalized spacial score (nSPS) is 18.3. The summed E-state index contributed by atoms with van der Waals surface area (Å²) in [6.07, 6.45) is 3.67. The zero-order chi connectivity index (χ0) is 20.6. The minimum atomic E-state index is -0.691. The fourth-order valence-electron chi connectivity index (χ4n) is 4.56. The van der Waals surface area contributed by atoms with E-state index >= 15 is 0 Å². The second-order valence-corrected chi connectivity index (χ2v) is 8.94. The van der Waals surface area contributed by atoms with Crippen LogP contribution in [-0.4, -0.2) is 37.0 Å². The maximum Gasteiger partial charge on any atom is 0.258 e. The standard InChI is InChI=1S/C23H23Cl2FN2O/c1-2-10-27-11-8-23(9-12-27)15-28(20-7-6-18(26)14-19(20)23)22(29)17-5-3-4-16(13-17)21(24)25/h2-7,13-14,21H,1,8-12,15H2. The van der Waals surface area contributed by atoms with Crippen LogP contribution in [0.4, 0.5) is 10.1 Å². The van der Waals surface area contributed by atoms with E-state index in [0.717, 1.165) is 43.7 Å². The number of nitrogens with zero attached hydrogens (tertiary/aromatic N) is 2. The number of hydrogen-bond donors (Lipinski definition) is 0. The molecule has 0 unspecified atom stereocenters. The van der Waals surface area contributed by atoms with Crippen molar-refractivity contribution in [1.82, 2.24) is 4.90 Å². The zero-order valence-corrected chi connectivity index (χ0v) is 17.6. The summed E-state index contributed by atoms with van der Waals surface area (Å²) in [5, 5.41) is 0. The van der Waals surface area contributed by atoms with Gasteiger partial charge in [-0.3, -0.25) is 9.69 Å². The summed E-state index contributed by atoms with van der Waals surface area (Å²) >= 11 is 12.0. The van der Waals surface area contributed by atoms with Gasteiger partial charge in [0.2, 0.25) is 0 Å². The van der Waals surface area contributed by atoms with Crippen molar-refractivity contribution in [1.29, 1.82) is 0 Å². The Morgan fingerprint density at radius 1 is 1.21 bits per heavy atom. The summed E-state index contributed by atoms with van der Waals surface area (Å²) in [6, 6.07) is 11.8. The second-order valence-electron chi connectivity index (χ2n) is 7.85. The second kappa shape index (κ2) is 8.10. The van der Waals surface area contributed by atoms with Crippen LogP contribution in [0.3, 0.4) is 0 Å². The van der Waals surface area contributed by atoms with Crippen molar-refractivity contribution in [2.45, 2.75) is 23.1 Å². The Morgan fingerprint density at radius 3 is 2.66 bits per heavy atom. The van der Waals surface area contributed by atoms with Gasteiger partial charge in [0.25, 0.3) is 5.91 Å². The van der Waals surface area contributed by atoms with Crippen molar-refractivity contribution in [2.24, 2.45) is 0 Å². The Labute approximate surface area is 180 Å². The van der Waals surface area contributed by atoms with E-state index in [1.165, 1.54) is 6.07 Å². The van der Waals surface area contributed by atoms with E-state index in [1.54, 1.807) is 41.3 Å². The van der Waals surface area contributed by atoms with Gasteiger partial charge in [-0.25, -0.2) is 4.39 Å². The molecule has 2 aromatic rings. The SMILES string of the molecule is C=CCN1CCC2(CC1)CN(C(=O)c1cccc(C(Cl)Cl)c1)c1ccc(F)cc12. The number of halogens is 3. The number of likely N-dealkylation sites (tertiary alicyclic amines) is 1. The molecule has 0 N–H and O–H groups in total. The van der Waals surface area contributed by atoms with Crippen molar-refractivity contribution in [3.05, 3.63) is 77.6 Å². The maximum atomic E-state index is 14.1. The predicted molar refractivity (Wildman–Crippen MR) is 117 cm³/mol. The lowest BCUT2D eigenvalue weighted by atomic mass is 9.74. The van der Waals surface area contributed by atoms with Gasteiger partial charge >= 0.3 is 0 Å². The molecule has 2 aromatic carbocycles. The lowest BCUT2D eigenvalue weighted by Crippen LogP contribution is -2.46. The Morgan fingerprint density at radius 2 is 1.97 bits per heavy atom. The van der Waals surface area contributed by atoms with Crippen molar-refractivity contribution in [3.63, 3.8) is 0 Å². The summed E-state index contributed by atoms with van der Waals surface area (Å²) in [5.41, 5.74) is 2.74. The largest absolute Gasteiger partial charge is 0.307 e. The molecule has 1 fully saturated rings. The first-order valence-electron chi connectivity index (χ1n) is 9.77. The van der Waals surface area contributed by atoms with Crippen LogP contribution >= 0.6 is 23.2 Å². The highest BCUT2D eigenvalue weighted by molar-refractivity contribution is 6.44. The average molecular weight is 433 g/mol. The highest BCUT2D eigenvalue weighted by atomic mass is 35.5. The summed E-state index contributed by atoms with van der Waals surface area (Å²) in [7, 11) is 0. The molecule has 4 rings (SSSR count). The third kappa shape index (κ3) is 3.81. The highest BCUT2D eigenvalue weighted by Crippen LogP contribution is 2.47. The van der Waals surface area contributed by atoms with Gasteiger partial charge in [-0.2, -0.15) is 0 Å². The van der Waals surface area contributed by atoms with Gasteiger partial charge in [-0.15, -0.1) is 29.8 Å². The maximum absolute atomic E-state index is 14.1. The fraction of sp³-hybridized carbons (Fsp3) is 0.348. The molecule has 6 heteroatoms. The number of carbonyl (C=O) groups is 1. The van der Waals surface area contributed by atoms with E-state index in [9.17, 15) is 9.18 Å². The van der Waals surface area contributed by atoms with Gasteiger partial charge < -0.3 is 4.90 Å². The number of hydrogen-bond acceptors (Lipinski definition) is 2. The third-order valence-electron chi connectivity index (χ3n) is 6.11. The van der Waals surface area contributed by atoms with Gasteiger partial charge in [0, 0.05) is 29.8 Å². The molecular formula is C23H23Cl2FN2O. The smallest absolute Gasteiger partial charge is 0.258 e. The number of benzene rings is 2. The molecule has 1 amide bonds. The molecule has 0 aliphatic carbocycles. The van der Waals surface area contributed by atoms with Crippen molar-refractivity contribution < 1.29 is 9.18 Å². The van der Waals surface area contributed by atoms with Gasteiger partial charge in [-0.05, 0) is 67.4 Å². The lowest BCUT2D eigenvalue weighted by molar-refractivity contribution is 0.0977. The van der Waals surface area contributed by atoms with Crippen molar-refractivity contribution >= 4 is 34.8 Å². The summed E-state index contributed by atoms with van der Waals surface area (Å²) < 4.78 is 14.1. The summed E-state index contributed by atoms with van der Waals surface area (Å²) in [6.45, 7) is 7.03. The molecule has 2 heterocycles. The molecule has 0 radical (unpaired) electrons. The molecule has 152 valence electrons. The molecule has 0 bridgehead atoms. The first-order chi connectivity index (χ1) is 13.9. The average Bonchev–Trinajstić information content (AvgIpc) is 3.03. The van der Waals surface area contributed by atoms with Crippen LogP contribution in [0.5, 0.6) is 0 Å². The molecule has 2 aliphatic rings. The van der Waals surface area contributed by atoms with E-state index in [0.29, 0.717) is 17.7 Å². The van der Waals surface area contributed by atoms with Crippen LogP contribution in [0.2, 0.25) is 0 Å². The molecule has 1 spiro atoms. The highest BCUT2D eigenvalue weighted by Gasteiger charge is 2.46. The van der Waals surface area contributed by atoms with E-state index in [2.05, 4.69) is 11.5 Å². The molecule has 0 aromatic heterocycles. The van der Waals surface area contributed by atoms with Gasteiger partial charge in [0.1, 0.15) is 10.7 Å². The summed E-state index contributed by atoms with van der Waals surface area (Å²) in [5.74, 6) is -0.376. The third-order valence-corrected chi connectivity index (χ3v) is 6.62. The lowest BCUT2D eigenvalue weighted by Gasteiger charge is -2.39. The van der Waals surface area contributed by atoms with Crippen LogP contribution < -0.4 is 4.90 Å². The van der Waals surface area contributed by atoms with Gasteiger partial charge in [0.05, 0.1) is 0 Å². The van der Waals surface area contributed by atoms with E-state index in [-0.39, 0.29) is 17.1 Å². The van der Waals surface area contributed by atoms with Crippen LogP contribution in [0, 0.1) is 5.82 Å².